The second-order valence-corrected chi connectivity index (χ2v) is 12.2. The molecule has 0 radical (unpaired) electrons. The van der Waals surface area contributed by atoms with Crippen LogP contribution in [-0.2, 0) is 27.7 Å². The van der Waals surface area contributed by atoms with Crippen LogP contribution in [0.4, 0.5) is 0 Å². The van der Waals surface area contributed by atoms with Crippen LogP contribution in [0, 0.1) is 17.2 Å². The molecule has 0 aromatic heterocycles. The van der Waals surface area contributed by atoms with Crippen LogP contribution in [0.2, 0.25) is 0 Å². The number of nitriles is 1. The third kappa shape index (κ3) is 5.65. The van der Waals surface area contributed by atoms with Crippen LogP contribution in [0.5, 0.6) is 5.75 Å². The predicted molar refractivity (Wildman–Crippen MR) is 149 cm³/mol. The first-order valence-corrected chi connectivity index (χ1v) is 14.1. The van der Waals surface area contributed by atoms with E-state index < -0.39 is 28.1 Å². The molecule has 1 atom stereocenters. The number of hydrogen-bond acceptors (Lipinski definition) is 5. The van der Waals surface area contributed by atoms with Crippen molar-refractivity contribution in [2.75, 3.05) is 6.54 Å². The summed E-state index contributed by atoms with van der Waals surface area (Å²) in [6.45, 7) is 3.33. The fourth-order valence-electron chi connectivity index (χ4n) is 5.11. The molecule has 0 bridgehead atoms. The second-order valence-electron chi connectivity index (χ2n) is 10.4. The molecule has 198 valence electrons. The van der Waals surface area contributed by atoms with Gasteiger partial charge in [-0.15, -0.1) is 0 Å². The standard InChI is InChI=1S/C31H28N2O5S/c1-31(2)27(16-26-17-28(9-10-29(26)38-31)39(36,37)33-19-30(34)35)14-20-11-21(18-32)13-25(12-20)24-8-7-22-5-3-4-6-23(22)15-24/h3-13,15,17,27,33H,14,16,19H2,1-2H3,(H,34,35). The number of nitrogens with one attached hydrogen (secondary N) is 1. The van der Waals surface area contributed by atoms with Gasteiger partial charge in [-0.25, -0.2) is 8.42 Å². The maximum Gasteiger partial charge on any atom is 0.318 e. The summed E-state index contributed by atoms with van der Waals surface area (Å²) in [4.78, 5) is 10.8. The molecule has 1 unspecified atom stereocenters. The number of benzene rings is 4. The van der Waals surface area contributed by atoms with Gasteiger partial charge in [-0.1, -0.05) is 42.5 Å². The Morgan fingerprint density at radius 3 is 2.54 bits per heavy atom. The summed E-state index contributed by atoms with van der Waals surface area (Å²) in [5.41, 5.74) is 3.75. The molecule has 0 aliphatic carbocycles. The smallest absolute Gasteiger partial charge is 0.318 e. The van der Waals surface area contributed by atoms with E-state index in [1.165, 1.54) is 6.07 Å². The topological polar surface area (TPSA) is 116 Å². The van der Waals surface area contributed by atoms with E-state index in [1.54, 1.807) is 12.1 Å². The van der Waals surface area contributed by atoms with Crippen molar-refractivity contribution >= 4 is 26.8 Å². The van der Waals surface area contributed by atoms with Gasteiger partial charge in [-0.05, 0) is 96.1 Å². The highest BCUT2D eigenvalue weighted by Crippen LogP contribution is 2.40. The predicted octanol–water partition coefficient (Wildman–Crippen LogP) is 5.31. The summed E-state index contributed by atoms with van der Waals surface area (Å²) in [5.74, 6) is -0.659. The molecule has 0 spiro atoms. The lowest BCUT2D eigenvalue weighted by atomic mass is 9.78. The van der Waals surface area contributed by atoms with E-state index in [4.69, 9.17) is 9.84 Å². The highest BCUT2D eigenvalue weighted by Gasteiger charge is 2.37. The molecule has 4 aromatic carbocycles. The minimum Gasteiger partial charge on any atom is -0.487 e. The normalized spacial score (nSPS) is 16.2. The number of carbonyl (C=O) groups is 1. The van der Waals surface area contributed by atoms with Crippen LogP contribution in [0.25, 0.3) is 21.9 Å². The van der Waals surface area contributed by atoms with Crippen molar-refractivity contribution in [1.29, 1.82) is 5.26 Å². The number of aliphatic carboxylic acids is 1. The lowest BCUT2D eigenvalue weighted by Crippen LogP contribution is -2.43. The zero-order chi connectivity index (χ0) is 27.8. The maximum absolute atomic E-state index is 12.6. The minimum atomic E-state index is -3.98. The summed E-state index contributed by atoms with van der Waals surface area (Å²) < 4.78 is 33.6. The number of nitrogens with zero attached hydrogens (tertiary/aromatic N) is 1. The Morgan fingerprint density at radius 2 is 1.79 bits per heavy atom. The summed E-state index contributed by atoms with van der Waals surface area (Å²) in [7, 11) is -3.98. The van der Waals surface area contributed by atoms with E-state index in [9.17, 15) is 18.5 Å². The molecular formula is C31H28N2O5S. The van der Waals surface area contributed by atoms with Crippen molar-refractivity contribution < 1.29 is 23.1 Å². The second kappa shape index (κ2) is 10.2. The molecule has 0 saturated heterocycles. The molecule has 0 amide bonds. The van der Waals surface area contributed by atoms with Gasteiger partial charge >= 0.3 is 5.97 Å². The number of hydrogen-bond donors (Lipinski definition) is 2. The van der Waals surface area contributed by atoms with Gasteiger partial charge in [0, 0.05) is 5.92 Å². The fraction of sp³-hybridized carbons (Fsp3) is 0.226. The summed E-state index contributed by atoms with van der Waals surface area (Å²) in [6.07, 6.45) is 1.18. The van der Waals surface area contributed by atoms with Gasteiger partial charge in [0.15, 0.2) is 0 Å². The van der Waals surface area contributed by atoms with Crippen LogP contribution in [0.1, 0.15) is 30.5 Å². The number of rotatable bonds is 7. The van der Waals surface area contributed by atoms with Crippen molar-refractivity contribution in [3.05, 3.63) is 95.6 Å². The molecule has 8 heteroatoms. The lowest BCUT2D eigenvalue weighted by Gasteiger charge is -2.40. The highest BCUT2D eigenvalue weighted by molar-refractivity contribution is 7.89. The van der Waals surface area contributed by atoms with Gasteiger partial charge in [0.1, 0.15) is 17.9 Å². The molecule has 4 aromatic rings. The van der Waals surface area contributed by atoms with E-state index in [0.717, 1.165) is 33.0 Å². The lowest BCUT2D eigenvalue weighted by molar-refractivity contribution is -0.135. The van der Waals surface area contributed by atoms with E-state index in [-0.39, 0.29) is 10.8 Å². The van der Waals surface area contributed by atoms with E-state index in [2.05, 4.69) is 47.2 Å². The molecule has 0 fully saturated rings. The van der Waals surface area contributed by atoms with Crippen LogP contribution >= 0.6 is 0 Å². The Hall–Kier alpha value is -4.19. The molecule has 39 heavy (non-hydrogen) atoms. The number of sulfonamides is 1. The molecule has 5 rings (SSSR count). The molecule has 0 saturated carbocycles. The van der Waals surface area contributed by atoms with Gasteiger partial charge in [0.2, 0.25) is 10.0 Å². The number of ether oxygens (including phenoxy) is 1. The van der Waals surface area contributed by atoms with Gasteiger partial charge in [0.05, 0.1) is 16.5 Å². The molecule has 1 aliphatic heterocycles. The average molecular weight is 541 g/mol. The number of carboxylic acid groups (broad SMARTS) is 1. The summed E-state index contributed by atoms with van der Waals surface area (Å²) in [6, 6.07) is 27.2. The first-order valence-electron chi connectivity index (χ1n) is 12.6. The maximum atomic E-state index is 12.6. The van der Waals surface area contributed by atoms with Crippen LogP contribution < -0.4 is 9.46 Å². The third-order valence-corrected chi connectivity index (χ3v) is 8.66. The van der Waals surface area contributed by atoms with Crippen LogP contribution in [0.3, 0.4) is 0 Å². The fourth-order valence-corrected chi connectivity index (χ4v) is 6.14. The SMILES string of the molecule is CC1(C)Oc2ccc(S(=O)(=O)NCC(=O)O)cc2CC1Cc1cc(C#N)cc(-c2ccc3ccccc3c2)c1. The Bertz CT molecular complexity index is 1740. The van der Waals surface area contributed by atoms with Crippen LogP contribution in [0.15, 0.2) is 83.8 Å². The largest absolute Gasteiger partial charge is 0.487 e. The molecule has 7 nitrogen and oxygen atoms in total. The van der Waals surface area contributed by atoms with Crippen molar-refractivity contribution in [2.24, 2.45) is 5.92 Å². The molecule has 1 heterocycles. The van der Waals surface area contributed by atoms with Gasteiger partial charge in [-0.2, -0.15) is 9.98 Å². The van der Waals surface area contributed by atoms with E-state index >= 15 is 0 Å². The van der Waals surface area contributed by atoms with E-state index in [0.29, 0.717) is 24.2 Å². The van der Waals surface area contributed by atoms with Crippen molar-refractivity contribution in [1.82, 2.24) is 4.72 Å². The molecule has 1 aliphatic rings. The van der Waals surface area contributed by atoms with Crippen molar-refractivity contribution in [3.63, 3.8) is 0 Å². The van der Waals surface area contributed by atoms with E-state index in [1.807, 2.05) is 38.1 Å². The van der Waals surface area contributed by atoms with Crippen LogP contribution in [-0.4, -0.2) is 31.6 Å². The monoisotopic (exact) mass is 540 g/mol. The molecular weight excluding hydrogens is 512 g/mol. The zero-order valence-electron chi connectivity index (χ0n) is 21.6. The average Bonchev–Trinajstić information content (AvgIpc) is 2.91. The Labute approximate surface area is 227 Å². The summed E-state index contributed by atoms with van der Waals surface area (Å²) in [5, 5.41) is 20.9. The quantitative estimate of drug-likeness (QED) is 0.328. The number of fused-ring (bicyclic) bond motifs is 2. The Kier molecular flexibility index (Phi) is 6.89. The minimum absolute atomic E-state index is 0.00498. The Balaban J connectivity index is 1.45. The van der Waals surface area contributed by atoms with Crippen molar-refractivity contribution in [3.8, 4) is 22.9 Å². The third-order valence-electron chi connectivity index (χ3n) is 7.26. The highest BCUT2D eigenvalue weighted by atomic mass is 32.2. The first-order chi connectivity index (χ1) is 18.5. The van der Waals surface area contributed by atoms with Crippen molar-refractivity contribution in [2.45, 2.75) is 37.2 Å². The van der Waals surface area contributed by atoms with Gasteiger partial charge in [-0.3, -0.25) is 4.79 Å². The molecule has 2 N–H and O–H groups in total. The number of carboxylic acids is 1. The summed E-state index contributed by atoms with van der Waals surface area (Å²) >= 11 is 0. The van der Waals surface area contributed by atoms with Gasteiger partial charge in [0.25, 0.3) is 0 Å². The zero-order valence-corrected chi connectivity index (χ0v) is 22.5. The Morgan fingerprint density at radius 1 is 1.03 bits per heavy atom. The first kappa shape index (κ1) is 26.4. The van der Waals surface area contributed by atoms with Gasteiger partial charge < -0.3 is 9.84 Å².